The molecule has 1 aliphatic rings. The number of aliphatic hydroxyl groups excluding tert-OH is 1. The van der Waals surface area contributed by atoms with E-state index < -0.39 is 10.8 Å². The first-order chi connectivity index (χ1) is 9.49. The Balaban J connectivity index is 2.10. The van der Waals surface area contributed by atoms with E-state index >= 15 is 0 Å². The third-order valence-electron chi connectivity index (χ3n) is 3.73. The molecule has 0 aliphatic carbocycles. The Bertz CT molecular complexity index is 510. The summed E-state index contributed by atoms with van der Waals surface area (Å²) in [6.07, 6.45) is 0.855. The molecule has 1 amide bonds. The topological polar surface area (TPSA) is 83.7 Å². The number of piperidine rings is 1. The van der Waals surface area contributed by atoms with E-state index in [4.69, 9.17) is 0 Å². The van der Waals surface area contributed by atoms with E-state index in [1.54, 1.807) is 24.0 Å². The molecule has 1 aliphatic heterocycles. The molecule has 6 heteroatoms. The van der Waals surface area contributed by atoms with Crippen LogP contribution in [0.3, 0.4) is 0 Å². The average Bonchev–Trinajstić information content (AvgIpc) is 2.46. The number of nitro groups is 1. The monoisotopic (exact) mass is 278 g/mol. The SMILES string of the molecule is CC(C(=O)N1CCC(O)CC1)c1cccc([N+](=O)[O-])c1. The highest BCUT2D eigenvalue weighted by atomic mass is 16.6. The van der Waals surface area contributed by atoms with Crippen molar-refractivity contribution in [2.24, 2.45) is 0 Å². The molecular weight excluding hydrogens is 260 g/mol. The van der Waals surface area contributed by atoms with Crippen molar-refractivity contribution in [3.8, 4) is 0 Å². The number of nitro benzene ring substituents is 1. The van der Waals surface area contributed by atoms with Crippen LogP contribution in [0.25, 0.3) is 0 Å². The maximum atomic E-state index is 12.4. The van der Waals surface area contributed by atoms with E-state index in [-0.39, 0.29) is 17.7 Å². The van der Waals surface area contributed by atoms with Crippen LogP contribution >= 0.6 is 0 Å². The van der Waals surface area contributed by atoms with Gasteiger partial charge in [-0.15, -0.1) is 0 Å². The van der Waals surface area contributed by atoms with Crippen molar-refractivity contribution in [2.75, 3.05) is 13.1 Å². The summed E-state index contributed by atoms with van der Waals surface area (Å²) in [6, 6.07) is 6.19. The molecule has 0 spiro atoms. The molecule has 1 unspecified atom stereocenters. The van der Waals surface area contributed by atoms with Crippen LogP contribution in [0, 0.1) is 10.1 Å². The first-order valence-corrected chi connectivity index (χ1v) is 6.70. The van der Waals surface area contributed by atoms with Gasteiger partial charge in [0.15, 0.2) is 0 Å². The Morgan fingerprint density at radius 3 is 2.70 bits per heavy atom. The van der Waals surface area contributed by atoms with Crippen molar-refractivity contribution in [3.63, 3.8) is 0 Å². The van der Waals surface area contributed by atoms with Gasteiger partial charge in [0.05, 0.1) is 16.9 Å². The van der Waals surface area contributed by atoms with Crippen molar-refractivity contribution in [3.05, 3.63) is 39.9 Å². The van der Waals surface area contributed by atoms with Gasteiger partial charge in [-0.05, 0) is 25.3 Å². The molecule has 1 aromatic rings. The molecule has 20 heavy (non-hydrogen) atoms. The first-order valence-electron chi connectivity index (χ1n) is 6.70. The number of non-ortho nitro benzene ring substituents is 1. The van der Waals surface area contributed by atoms with Crippen molar-refractivity contribution in [2.45, 2.75) is 31.8 Å². The number of benzene rings is 1. The van der Waals surface area contributed by atoms with Gasteiger partial charge in [0.25, 0.3) is 5.69 Å². The fraction of sp³-hybridized carbons (Fsp3) is 0.500. The minimum Gasteiger partial charge on any atom is -0.393 e. The minimum atomic E-state index is -0.460. The Kier molecular flexibility index (Phi) is 4.34. The Hall–Kier alpha value is -1.95. The van der Waals surface area contributed by atoms with Crippen LogP contribution in [0.5, 0.6) is 0 Å². The Morgan fingerprint density at radius 2 is 2.10 bits per heavy atom. The number of carbonyl (C=O) groups excluding carboxylic acids is 1. The lowest BCUT2D eigenvalue weighted by Gasteiger charge is -2.31. The molecule has 1 N–H and O–H groups in total. The number of likely N-dealkylation sites (tertiary alicyclic amines) is 1. The molecule has 108 valence electrons. The van der Waals surface area contributed by atoms with Crippen LogP contribution in [0.1, 0.15) is 31.2 Å². The van der Waals surface area contributed by atoms with Crippen molar-refractivity contribution in [1.82, 2.24) is 4.90 Å². The fourth-order valence-corrected chi connectivity index (χ4v) is 2.41. The van der Waals surface area contributed by atoms with Crippen LogP contribution in [0.4, 0.5) is 5.69 Å². The van der Waals surface area contributed by atoms with Gasteiger partial charge in [0.1, 0.15) is 0 Å². The highest BCUT2D eigenvalue weighted by Gasteiger charge is 2.26. The number of aliphatic hydroxyl groups is 1. The molecule has 1 fully saturated rings. The number of hydrogen-bond donors (Lipinski definition) is 1. The smallest absolute Gasteiger partial charge is 0.269 e. The second kappa shape index (κ2) is 6.00. The summed E-state index contributed by atoms with van der Waals surface area (Å²) < 4.78 is 0. The van der Waals surface area contributed by atoms with Gasteiger partial charge in [-0.2, -0.15) is 0 Å². The van der Waals surface area contributed by atoms with Gasteiger partial charge < -0.3 is 10.0 Å². The predicted molar refractivity (Wildman–Crippen MR) is 73.3 cm³/mol. The van der Waals surface area contributed by atoms with Gasteiger partial charge in [-0.25, -0.2) is 0 Å². The van der Waals surface area contributed by atoms with E-state index in [1.807, 2.05) is 0 Å². The zero-order valence-corrected chi connectivity index (χ0v) is 11.4. The zero-order chi connectivity index (χ0) is 14.7. The molecular formula is C14H18N2O4. The van der Waals surface area contributed by atoms with Gasteiger partial charge >= 0.3 is 0 Å². The van der Waals surface area contributed by atoms with Crippen LogP contribution in [0.2, 0.25) is 0 Å². The number of amides is 1. The molecule has 0 saturated carbocycles. The standard InChI is InChI=1S/C14H18N2O4/c1-10(11-3-2-4-12(9-11)16(19)20)14(18)15-7-5-13(17)6-8-15/h2-4,9-10,13,17H,5-8H2,1H3. The summed E-state index contributed by atoms with van der Waals surface area (Å²) >= 11 is 0. The van der Waals surface area contributed by atoms with Crippen LogP contribution < -0.4 is 0 Å². The lowest BCUT2D eigenvalue weighted by atomic mass is 9.97. The van der Waals surface area contributed by atoms with E-state index in [0.717, 1.165) is 0 Å². The molecule has 1 atom stereocenters. The highest BCUT2D eigenvalue weighted by Crippen LogP contribution is 2.24. The van der Waals surface area contributed by atoms with Crippen LogP contribution in [0.15, 0.2) is 24.3 Å². The van der Waals surface area contributed by atoms with E-state index in [0.29, 0.717) is 31.5 Å². The normalized spacial score (nSPS) is 17.8. The number of hydrogen-bond acceptors (Lipinski definition) is 4. The summed E-state index contributed by atoms with van der Waals surface area (Å²) in [5, 5.41) is 20.2. The summed E-state index contributed by atoms with van der Waals surface area (Å²) in [5.41, 5.74) is 0.645. The van der Waals surface area contributed by atoms with Crippen LogP contribution in [-0.4, -0.2) is 40.0 Å². The maximum absolute atomic E-state index is 12.4. The number of rotatable bonds is 3. The third-order valence-corrected chi connectivity index (χ3v) is 3.73. The molecule has 0 aromatic heterocycles. The molecule has 1 heterocycles. The molecule has 1 saturated heterocycles. The second-order valence-corrected chi connectivity index (χ2v) is 5.13. The number of carbonyl (C=O) groups is 1. The Labute approximate surface area is 117 Å². The maximum Gasteiger partial charge on any atom is 0.269 e. The fourth-order valence-electron chi connectivity index (χ4n) is 2.41. The van der Waals surface area contributed by atoms with Crippen molar-refractivity contribution < 1.29 is 14.8 Å². The largest absolute Gasteiger partial charge is 0.393 e. The summed E-state index contributed by atoms with van der Waals surface area (Å²) in [7, 11) is 0. The van der Waals surface area contributed by atoms with Gasteiger partial charge in [0.2, 0.25) is 5.91 Å². The molecule has 2 rings (SSSR count). The number of nitrogens with zero attached hydrogens (tertiary/aromatic N) is 2. The summed E-state index contributed by atoms with van der Waals surface area (Å²) in [4.78, 5) is 24.4. The minimum absolute atomic E-state index is 0.00350. The molecule has 0 bridgehead atoms. The first kappa shape index (κ1) is 14.5. The van der Waals surface area contributed by atoms with E-state index in [1.165, 1.54) is 12.1 Å². The molecule has 0 radical (unpaired) electrons. The summed E-state index contributed by atoms with van der Waals surface area (Å²) in [5.74, 6) is -0.456. The van der Waals surface area contributed by atoms with E-state index in [2.05, 4.69) is 0 Å². The zero-order valence-electron chi connectivity index (χ0n) is 11.4. The predicted octanol–water partition coefficient (Wildman–Crippen LogP) is 1.68. The van der Waals surface area contributed by atoms with Gasteiger partial charge in [-0.3, -0.25) is 14.9 Å². The van der Waals surface area contributed by atoms with Gasteiger partial charge in [0, 0.05) is 25.2 Å². The summed E-state index contributed by atoms with van der Waals surface area (Å²) in [6.45, 7) is 2.84. The third kappa shape index (κ3) is 3.14. The second-order valence-electron chi connectivity index (χ2n) is 5.13. The average molecular weight is 278 g/mol. The lowest BCUT2D eigenvalue weighted by molar-refractivity contribution is -0.384. The van der Waals surface area contributed by atoms with Crippen molar-refractivity contribution >= 4 is 11.6 Å². The van der Waals surface area contributed by atoms with Crippen molar-refractivity contribution in [1.29, 1.82) is 0 Å². The highest BCUT2D eigenvalue weighted by molar-refractivity contribution is 5.83. The molecule has 1 aromatic carbocycles. The lowest BCUT2D eigenvalue weighted by Crippen LogP contribution is -2.41. The molecule has 6 nitrogen and oxygen atoms in total. The quantitative estimate of drug-likeness (QED) is 0.673. The van der Waals surface area contributed by atoms with Crippen LogP contribution in [-0.2, 0) is 4.79 Å². The van der Waals surface area contributed by atoms with Gasteiger partial charge in [-0.1, -0.05) is 12.1 Å². The van der Waals surface area contributed by atoms with E-state index in [9.17, 15) is 20.0 Å². The Morgan fingerprint density at radius 1 is 1.45 bits per heavy atom.